The largest absolute Gasteiger partial charge is 3.00 e. The third-order valence-electron chi connectivity index (χ3n) is 7.73. The van der Waals surface area contributed by atoms with Crippen molar-refractivity contribution in [2.24, 2.45) is 0 Å². The number of fused-ring (bicyclic) bond motifs is 1. The zero-order valence-electron chi connectivity index (χ0n) is 21.4. The van der Waals surface area contributed by atoms with Crippen LogP contribution < -0.4 is 24.8 Å². The number of aryl methyl sites for hydroxylation is 1. The maximum atomic E-state index is 2.51. The van der Waals surface area contributed by atoms with Crippen LogP contribution in [0.2, 0.25) is 13.1 Å². The van der Waals surface area contributed by atoms with E-state index in [9.17, 15) is 0 Å². The van der Waals surface area contributed by atoms with Gasteiger partial charge in [0.2, 0.25) is 0 Å². The quantitative estimate of drug-likeness (QED) is 0.245. The molecule has 4 aromatic rings. The molecule has 35 heavy (non-hydrogen) atoms. The van der Waals surface area contributed by atoms with Gasteiger partial charge in [-0.25, -0.2) is 0 Å². The van der Waals surface area contributed by atoms with Crippen molar-refractivity contribution in [2.45, 2.75) is 58.7 Å². The predicted molar refractivity (Wildman–Crippen MR) is 146 cm³/mol. The molecular formula is C30H33Cl2SSiZr. The van der Waals surface area contributed by atoms with Gasteiger partial charge in [-0.15, -0.1) is 45.9 Å². The molecule has 0 saturated heterocycles. The molecule has 3 aromatic carbocycles. The summed E-state index contributed by atoms with van der Waals surface area (Å²) in [7, 11) is -0.972. The third-order valence-corrected chi connectivity index (χ3v) is 13.0. The van der Waals surface area contributed by atoms with Gasteiger partial charge in [0, 0.05) is 10.4 Å². The number of hydrogen-bond acceptors (Lipinski definition) is 1. The van der Waals surface area contributed by atoms with Gasteiger partial charge in [-0.3, -0.25) is 0 Å². The molecule has 2 atom stereocenters. The number of benzene rings is 2. The van der Waals surface area contributed by atoms with Gasteiger partial charge in [0.15, 0.2) is 0 Å². The number of hydrogen-bond donors (Lipinski definition) is 0. The second-order valence-electron chi connectivity index (χ2n) is 10.2. The molecule has 1 aromatic heterocycles. The standard InChI is InChI=1S/C20H21.C10H12SSi.2ClH.Zr/c1-4-15(3)16-8-10-17(11-9-16)19-7-5-6-18-12-14(2)13-20(18)19;1-6-9-7-4-5-11-8(7)10(6)12(9,2)3;;;/h5-13,15H,4H2,1-3H3;4-5,9H,1-3H3;2*1H;/q-1;;;;+3/p-2. The molecular weight excluding hydrogens is 583 g/mol. The van der Waals surface area contributed by atoms with E-state index in [2.05, 4.69) is 107 Å². The Morgan fingerprint density at radius 1 is 1.00 bits per heavy atom. The minimum Gasteiger partial charge on any atom is -1.00 e. The van der Waals surface area contributed by atoms with Crippen LogP contribution >= 0.6 is 11.3 Å². The fourth-order valence-electron chi connectivity index (χ4n) is 5.97. The summed E-state index contributed by atoms with van der Waals surface area (Å²) in [5.41, 5.74) is 9.65. The van der Waals surface area contributed by atoms with Gasteiger partial charge in [-0.2, -0.15) is 6.07 Å². The number of allylic oxidation sites excluding steroid dienone is 1. The number of thiophene rings is 1. The second-order valence-corrected chi connectivity index (χ2v) is 15.6. The fourth-order valence-corrected chi connectivity index (χ4v) is 12.2. The van der Waals surface area contributed by atoms with E-state index in [0.717, 1.165) is 5.54 Å². The summed E-state index contributed by atoms with van der Waals surface area (Å²) in [6.45, 7) is 14.0. The molecule has 0 nitrogen and oxygen atoms in total. The zero-order chi connectivity index (χ0) is 22.6. The van der Waals surface area contributed by atoms with Crippen molar-refractivity contribution in [3.63, 3.8) is 0 Å². The van der Waals surface area contributed by atoms with Gasteiger partial charge in [0.05, 0.1) is 8.07 Å². The van der Waals surface area contributed by atoms with Gasteiger partial charge in [0.25, 0.3) is 0 Å². The topological polar surface area (TPSA) is 0 Å². The van der Waals surface area contributed by atoms with Crippen LogP contribution in [0, 0.1) is 6.92 Å². The molecule has 5 heteroatoms. The summed E-state index contributed by atoms with van der Waals surface area (Å²) in [5, 5.41) is 6.72. The van der Waals surface area contributed by atoms with E-state index in [-0.39, 0.29) is 51.0 Å². The summed E-state index contributed by atoms with van der Waals surface area (Å²) < 4.78 is 0. The molecule has 0 amide bonds. The van der Waals surface area contributed by atoms with E-state index >= 15 is 0 Å². The summed E-state index contributed by atoms with van der Waals surface area (Å²) in [4.78, 5) is 1.63. The van der Waals surface area contributed by atoms with E-state index in [1.807, 2.05) is 11.3 Å². The molecule has 0 spiro atoms. The average molecular weight is 616 g/mol. The number of rotatable bonds is 3. The summed E-state index contributed by atoms with van der Waals surface area (Å²) in [6.07, 6.45) is 1.19. The molecule has 2 aliphatic heterocycles. The smallest absolute Gasteiger partial charge is 1.00 e. The van der Waals surface area contributed by atoms with Crippen LogP contribution in [0.4, 0.5) is 0 Å². The maximum absolute atomic E-state index is 2.51. The molecule has 3 heterocycles. The van der Waals surface area contributed by atoms with Crippen LogP contribution in [0.3, 0.4) is 0 Å². The SMILES string of the molecule is CC1=C2c3sccc3C1[Si]2(C)C.CCC(C)c1ccc(-c2cccc3[cH-]c(C)cc23)cc1.[Cl-].[Cl-].[Zr+3]. The van der Waals surface area contributed by atoms with E-state index in [4.69, 9.17) is 0 Å². The summed E-state index contributed by atoms with van der Waals surface area (Å²) >= 11 is 1.94. The first-order valence-electron chi connectivity index (χ1n) is 11.9. The minimum atomic E-state index is -0.972. The summed E-state index contributed by atoms with van der Waals surface area (Å²) in [5.74, 6) is 0.640. The van der Waals surface area contributed by atoms with Crippen LogP contribution in [0.1, 0.15) is 60.2 Å². The Kier molecular flexibility index (Phi) is 10.2. The Bertz CT molecular complexity index is 1330. The van der Waals surface area contributed by atoms with Crippen molar-refractivity contribution >= 4 is 35.4 Å². The van der Waals surface area contributed by atoms with Crippen molar-refractivity contribution in [3.05, 3.63) is 93.2 Å². The molecule has 181 valence electrons. The van der Waals surface area contributed by atoms with E-state index in [0.29, 0.717) is 5.92 Å². The van der Waals surface area contributed by atoms with Crippen molar-refractivity contribution in [1.82, 2.24) is 0 Å². The van der Waals surface area contributed by atoms with Crippen LogP contribution in [0.25, 0.3) is 27.1 Å². The van der Waals surface area contributed by atoms with Gasteiger partial charge in [-0.1, -0.05) is 75.3 Å². The molecule has 7 rings (SSSR count). The average Bonchev–Trinajstić information content (AvgIpc) is 3.49. The Balaban J connectivity index is 0.000000249. The van der Waals surface area contributed by atoms with Gasteiger partial charge in [-0.05, 0) is 52.6 Å². The first-order valence-corrected chi connectivity index (χ1v) is 15.8. The monoisotopic (exact) mass is 613 g/mol. The predicted octanol–water partition coefficient (Wildman–Crippen LogP) is 3.47. The molecule has 3 aliphatic rings. The van der Waals surface area contributed by atoms with Gasteiger partial charge in [0.1, 0.15) is 0 Å². The molecule has 2 bridgehead atoms. The first kappa shape index (κ1) is 30.4. The van der Waals surface area contributed by atoms with Crippen molar-refractivity contribution in [1.29, 1.82) is 0 Å². The molecule has 2 unspecified atom stereocenters. The normalized spacial score (nSPS) is 17.1. The van der Waals surface area contributed by atoms with Crippen LogP contribution in [0.5, 0.6) is 0 Å². The Morgan fingerprint density at radius 2 is 1.69 bits per heavy atom. The Labute approximate surface area is 247 Å². The van der Waals surface area contributed by atoms with Crippen LogP contribution in [0.15, 0.2) is 71.6 Å². The van der Waals surface area contributed by atoms with E-state index < -0.39 is 8.07 Å². The van der Waals surface area contributed by atoms with Crippen LogP contribution in [-0.2, 0) is 26.2 Å². The fraction of sp³-hybridized carbons (Fsp3) is 0.300. The van der Waals surface area contributed by atoms with Gasteiger partial charge < -0.3 is 24.8 Å². The third kappa shape index (κ3) is 5.14. The Hall–Kier alpha value is -0.830. The number of halogens is 2. The minimum absolute atomic E-state index is 0. The zero-order valence-corrected chi connectivity index (χ0v) is 27.2. The second kappa shape index (κ2) is 11.7. The van der Waals surface area contributed by atoms with Crippen molar-refractivity contribution < 1.29 is 51.0 Å². The van der Waals surface area contributed by atoms with Gasteiger partial charge >= 0.3 is 26.2 Å². The van der Waals surface area contributed by atoms with E-state index in [1.54, 1.807) is 21.2 Å². The summed E-state index contributed by atoms with van der Waals surface area (Å²) in [6, 6.07) is 22.5. The Morgan fingerprint density at radius 3 is 2.29 bits per heavy atom. The van der Waals surface area contributed by atoms with Crippen molar-refractivity contribution in [3.8, 4) is 11.1 Å². The molecule has 0 saturated carbocycles. The molecule has 0 fully saturated rings. The van der Waals surface area contributed by atoms with Crippen molar-refractivity contribution in [2.75, 3.05) is 0 Å². The van der Waals surface area contributed by atoms with E-state index in [1.165, 1.54) is 39.4 Å². The first-order chi connectivity index (χ1) is 15.3. The van der Waals surface area contributed by atoms with Crippen LogP contribution in [-0.4, -0.2) is 8.07 Å². The molecule has 1 radical (unpaired) electrons. The maximum Gasteiger partial charge on any atom is 3.00 e. The molecule has 0 N–H and O–H groups in total. The molecule has 1 aliphatic carbocycles.